The van der Waals surface area contributed by atoms with Gasteiger partial charge in [-0.3, -0.25) is 4.79 Å². The molecular weight excluding hydrogens is 293 g/mol. The van der Waals surface area contributed by atoms with Gasteiger partial charge in [0, 0.05) is 6.54 Å². The number of carbonyl (C=O) groups is 1. The molecular formula is C18H32FN3O+2. The van der Waals surface area contributed by atoms with Crippen LogP contribution in [0.3, 0.4) is 0 Å². The second kappa shape index (κ2) is 8.99. The summed E-state index contributed by atoms with van der Waals surface area (Å²) < 4.78 is 12.8. The van der Waals surface area contributed by atoms with Crippen molar-refractivity contribution in [2.45, 2.75) is 33.2 Å². The summed E-state index contributed by atoms with van der Waals surface area (Å²) in [5, 5.41) is 5.06. The van der Waals surface area contributed by atoms with Gasteiger partial charge in [-0.2, -0.15) is 0 Å². The number of nitrogens with two attached hydrogens (primary N) is 1. The minimum Gasteiger partial charge on any atom is -0.351 e. The van der Waals surface area contributed by atoms with E-state index in [-0.39, 0.29) is 23.2 Å². The Morgan fingerprint density at radius 1 is 1.30 bits per heavy atom. The fourth-order valence-electron chi connectivity index (χ4n) is 2.77. The van der Waals surface area contributed by atoms with Gasteiger partial charge in [0.1, 0.15) is 5.82 Å². The molecule has 4 nitrogen and oxygen atoms in total. The standard InChI is InChI=1S/C18H30FN3O/c1-14(21-12-18(2,3)13-22(4)5)17(23)20-11-10-15-6-8-16(19)9-7-15/h6-9,14,21H,10-13H2,1-5H3,(H,20,23)/p+2/t14-/m1/s1. The number of quaternary nitrogens is 2. The molecule has 0 spiro atoms. The lowest BCUT2D eigenvalue weighted by Gasteiger charge is -2.25. The number of halogens is 1. The van der Waals surface area contributed by atoms with Crippen molar-refractivity contribution < 1.29 is 19.4 Å². The van der Waals surface area contributed by atoms with Crippen molar-refractivity contribution in [2.75, 3.05) is 33.7 Å². The molecule has 0 heterocycles. The van der Waals surface area contributed by atoms with Gasteiger partial charge in [0.25, 0.3) is 5.91 Å². The van der Waals surface area contributed by atoms with Gasteiger partial charge in [-0.1, -0.05) is 12.1 Å². The third-order valence-electron chi connectivity index (χ3n) is 3.90. The highest BCUT2D eigenvalue weighted by Gasteiger charge is 2.26. The fourth-order valence-corrected chi connectivity index (χ4v) is 2.77. The summed E-state index contributed by atoms with van der Waals surface area (Å²) >= 11 is 0. The normalized spacial score (nSPS) is 13.2. The zero-order valence-electron chi connectivity index (χ0n) is 15.1. The molecule has 0 aromatic heterocycles. The van der Waals surface area contributed by atoms with Gasteiger partial charge < -0.3 is 15.5 Å². The van der Waals surface area contributed by atoms with Gasteiger partial charge in [-0.25, -0.2) is 4.39 Å². The first-order chi connectivity index (χ1) is 10.7. The van der Waals surface area contributed by atoms with Crippen LogP contribution in [0.5, 0.6) is 0 Å². The van der Waals surface area contributed by atoms with Gasteiger partial charge in [0.05, 0.1) is 32.6 Å². The lowest BCUT2D eigenvalue weighted by atomic mass is 9.92. The Labute approximate surface area is 139 Å². The van der Waals surface area contributed by atoms with Gasteiger partial charge in [-0.05, 0) is 44.9 Å². The van der Waals surface area contributed by atoms with E-state index in [9.17, 15) is 9.18 Å². The molecule has 5 heteroatoms. The van der Waals surface area contributed by atoms with Gasteiger partial charge in [0.2, 0.25) is 0 Å². The van der Waals surface area contributed by atoms with E-state index in [4.69, 9.17) is 0 Å². The average molecular weight is 325 g/mol. The first-order valence-electron chi connectivity index (χ1n) is 8.34. The highest BCUT2D eigenvalue weighted by Crippen LogP contribution is 2.07. The quantitative estimate of drug-likeness (QED) is 0.569. The second-order valence-electron chi connectivity index (χ2n) is 7.44. The minimum absolute atomic E-state index is 0.0557. The second-order valence-corrected chi connectivity index (χ2v) is 7.44. The molecule has 23 heavy (non-hydrogen) atoms. The summed E-state index contributed by atoms with van der Waals surface area (Å²) in [5.41, 5.74) is 1.22. The third-order valence-corrected chi connectivity index (χ3v) is 3.90. The maximum Gasteiger partial charge on any atom is 0.277 e. The molecule has 0 unspecified atom stereocenters. The molecule has 0 aliphatic carbocycles. The molecule has 1 amide bonds. The Kier molecular flexibility index (Phi) is 7.65. The third kappa shape index (κ3) is 8.09. The molecule has 4 N–H and O–H groups in total. The highest BCUT2D eigenvalue weighted by atomic mass is 19.1. The van der Waals surface area contributed by atoms with Crippen LogP contribution in [0.15, 0.2) is 24.3 Å². The predicted molar refractivity (Wildman–Crippen MR) is 90.8 cm³/mol. The van der Waals surface area contributed by atoms with Crippen LogP contribution in [-0.4, -0.2) is 45.7 Å². The van der Waals surface area contributed by atoms with Crippen LogP contribution in [0.4, 0.5) is 4.39 Å². The Bertz CT molecular complexity index is 486. The molecule has 0 aliphatic heterocycles. The summed E-state index contributed by atoms with van der Waals surface area (Å²) in [7, 11) is 4.29. The van der Waals surface area contributed by atoms with E-state index < -0.39 is 0 Å². The predicted octanol–water partition coefficient (Wildman–Crippen LogP) is -0.393. The number of nitrogens with one attached hydrogen (secondary N) is 2. The van der Waals surface area contributed by atoms with E-state index in [1.165, 1.54) is 17.0 Å². The van der Waals surface area contributed by atoms with Gasteiger partial charge >= 0.3 is 0 Å². The number of carbonyl (C=O) groups excluding carboxylic acids is 1. The Morgan fingerprint density at radius 3 is 2.48 bits per heavy atom. The zero-order valence-corrected chi connectivity index (χ0v) is 15.1. The molecule has 0 radical (unpaired) electrons. The van der Waals surface area contributed by atoms with Crippen LogP contribution in [0.1, 0.15) is 26.3 Å². The summed E-state index contributed by atoms with van der Waals surface area (Å²) in [6, 6.07) is 6.30. The summed E-state index contributed by atoms with van der Waals surface area (Å²) in [4.78, 5) is 13.5. The molecule has 0 saturated heterocycles. The van der Waals surface area contributed by atoms with Crippen LogP contribution in [-0.2, 0) is 11.2 Å². The van der Waals surface area contributed by atoms with Crippen molar-refractivity contribution in [2.24, 2.45) is 5.41 Å². The van der Waals surface area contributed by atoms with E-state index in [2.05, 4.69) is 38.6 Å². The van der Waals surface area contributed by atoms with E-state index in [1.54, 1.807) is 12.1 Å². The van der Waals surface area contributed by atoms with Crippen LogP contribution in [0.2, 0.25) is 0 Å². The van der Waals surface area contributed by atoms with Gasteiger partial charge in [0.15, 0.2) is 6.04 Å². The number of hydrogen-bond donors (Lipinski definition) is 3. The van der Waals surface area contributed by atoms with E-state index in [1.807, 2.05) is 6.92 Å². The van der Waals surface area contributed by atoms with Crippen molar-refractivity contribution in [1.29, 1.82) is 0 Å². The van der Waals surface area contributed by atoms with Crippen LogP contribution >= 0.6 is 0 Å². The molecule has 0 saturated carbocycles. The van der Waals surface area contributed by atoms with Crippen molar-refractivity contribution in [3.05, 3.63) is 35.6 Å². The van der Waals surface area contributed by atoms with Crippen LogP contribution in [0.25, 0.3) is 0 Å². The number of benzene rings is 1. The Hall–Kier alpha value is -1.46. The van der Waals surface area contributed by atoms with E-state index in [0.717, 1.165) is 18.7 Å². The SMILES string of the molecule is C[C@@H]([NH2+]CC(C)(C)C[NH+](C)C)C(=O)NCCc1ccc(F)cc1. The molecule has 1 aromatic carbocycles. The van der Waals surface area contributed by atoms with Crippen molar-refractivity contribution in [3.63, 3.8) is 0 Å². The van der Waals surface area contributed by atoms with Crippen LogP contribution < -0.4 is 15.5 Å². The van der Waals surface area contributed by atoms with Crippen molar-refractivity contribution >= 4 is 5.91 Å². The van der Waals surface area contributed by atoms with E-state index >= 15 is 0 Å². The maximum atomic E-state index is 12.8. The molecule has 1 rings (SSSR count). The monoisotopic (exact) mass is 325 g/mol. The van der Waals surface area contributed by atoms with Crippen LogP contribution in [0, 0.1) is 11.2 Å². The topological polar surface area (TPSA) is 50.2 Å². The Balaban J connectivity index is 2.29. The lowest BCUT2D eigenvalue weighted by Crippen LogP contribution is -3.08. The zero-order chi connectivity index (χ0) is 17.5. The fraction of sp³-hybridized carbons (Fsp3) is 0.611. The number of amides is 1. The molecule has 0 aliphatic rings. The molecule has 0 fully saturated rings. The molecule has 1 atom stereocenters. The average Bonchev–Trinajstić information content (AvgIpc) is 2.45. The van der Waals surface area contributed by atoms with Crippen molar-refractivity contribution in [3.8, 4) is 0 Å². The minimum atomic E-state index is -0.233. The highest BCUT2D eigenvalue weighted by molar-refractivity contribution is 5.79. The summed E-state index contributed by atoms with van der Waals surface area (Å²) in [5.74, 6) is -0.178. The van der Waals surface area contributed by atoms with Gasteiger partial charge in [-0.15, -0.1) is 0 Å². The molecule has 130 valence electrons. The first kappa shape index (κ1) is 19.6. The Morgan fingerprint density at radius 2 is 1.91 bits per heavy atom. The molecule has 1 aromatic rings. The molecule has 0 bridgehead atoms. The summed E-state index contributed by atoms with van der Waals surface area (Å²) in [6.45, 7) is 8.97. The largest absolute Gasteiger partial charge is 0.351 e. The smallest absolute Gasteiger partial charge is 0.277 e. The van der Waals surface area contributed by atoms with Crippen molar-refractivity contribution in [1.82, 2.24) is 5.32 Å². The van der Waals surface area contributed by atoms with E-state index in [0.29, 0.717) is 13.0 Å². The maximum absolute atomic E-state index is 12.8. The lowest BCUT2D eigenvalue weighted by molar-refractivity contribution is -0.868. The number of rotatable bonds is 9. The number of hydrogen-bond acceptors (Lipinski definition) is 1. The first-order valence-corrected chi connectivity index (χ1v) is 8.34. The summed E-state index contributed by atoms with van der Waals surface area (Å²) in [6.07, 6.45) is 0.716.